The summed E-state index contributed by atoms with van der Waals surface area (Å²) in [5.74, 6) is 0.100. The number of nitrogens with one attached hydrogen (secondary N) is 1. The highest BCUT2D eigenvalue weighted by molar-refractivity contribution is 7.94. The molecule has 130 valence electrons. The molecular formula is C17H18F3NO2S. The number of hydrogen-bond acceptors (Lipinski definition) is 4. The smallest absolute Gasteiger partial charge is 0.416 e. The van der Waals surface area contributed by atoms with Crippen molar-refractivity contribution >= 4 is 12.0 Å². The molecule has 0 fully saturated rings. The van der Waals surface area contributed by atoms with E-state index in [2.05, 4.69) is 5.32 Å². The minimum absolute atomic E-state index is 0.0146. The third-order valence-corrected chi connectivity index (χ3v) is 3.74. The summed E-state index contributed by atoms with van der Waals surface area (Å²) in [6.07, 6.45) is -4.22. The van der Waals surface area contributed by atoms with E-state index in [1.807, 2.05) is 30.3 Å². The lowest BCUT2D eigenvalue weighted by atomic mass is 10.0. The molecule has 2 rings (SSSR count). The lowest BCUT2D eigenvalue weighted by Crippen LogP contribution is -2.23. The molecule has 0 saturated carbocycles. The van der Waals surface area contributed by atoms with Crippen molar-refractivity contribution in [2.24, 2.45) is 0 Å². The molecule has 1 unspecified atom stereocenters. The van der Waals surface area contributed by atoms with E-state index in [0.29, 0.717) is 6.54 Å². The zero-order valence-electron chi connectivity index (χ0n) is 13.0. The Morgan fingerprint density at radius 2 is 1.88 bits per heavy atom. The van der Waals surface area contributed by atoms with Crippen molar-refractivity contribution in [3.05, 3.63) is 65.2 Å². The Morgan fingerprint density at radius 1 is 1.17 bits per heavy atom. The Kier molecular flexibility index (Phi) is 6.53. The van der Waals surface area contributed by atoms with Gasteiger partial charge in [0.1, 0.15) is 5.75 Å². The molecule has 0 spiro atoms. The number of hydrogen-bond donors (Lipinski definition) is 2. The molecular weight excluding hydrogens is 339 g/mol. The van der Waals surface area contributed by atoms with Gasteiger partial charge in [0.25, 0.3) is 0 Å². The third-order valence-electron chi connectivity index (χ3n) is 3.38. The van der Waals surface area contributed by atoms with Crippen molar-refractivity contribution in [2.75, 3.05) is 12.8 Å². The zero-order chi connectivity index (χ0) is 17.6. The first-order valence-corrected chi connectivity index (χ1v) is 8.41. The van der Waals surface area contributed by atoms with Crippen molar-refractivity contribution in [3.63, 3.8) is 0 Å². The fourth-order valence-corrected chi connectivity index (χ4v) is 2.57. The van der Waals surface area contributed by atoms with Crippen LogP contribution in [0.3, 0.4) is 0 Å². The van der Waals surface area contributed by atoms with Crippen LogP contribution in [-0.2, 0) is 12.7 Å². The van der Waals surface area contributed by atoms with Crippen molar-refractivity contribution in [1.82, 2.24) is 5.32 Å². The van der Waals surface area contributed by atoms with Crippen LogP contribution in [0.1, 0.15) is 22.8 Å². The first-order chi connectivity index (χ1) is 11.4. The average Bonchev–Trinajstić information content (AvgIpc) is 2.55. The largest absolute Gasteiger partial charge is 0.426 e. The van der Waals surface area contributed by atoms with Crippen molar-refractivity contribution in [2.45, 2.75) is 18.8 Å². The summed E-state index contributed by atoms with van der Waals surface area (Å²) in [6, 6.07) is 13.0. The predicted molar refractivity (Wildman–Crippen MR) is 88.7 cm³/mol. The Balaban J connectivity index is 2.08. The molecule has 0 amide bonds. The molecule has 0 radical (unpaired) electrons. The SMILES string of the molecule is CSOc1ccc(C(O)CNCc2ccccc2)c(C(F)(F)F)c1. The normalized spacial score (nSPS) is 12.9. The van der Waals surface area contributed by atoms with E-state index in [1.54, 1.807) is 6.26 Å². The highest BCUT2D eigenvalue weighted by Crippen LogP contribution is 2.37. The molecule has 2 N–H and O–H groups in total. The monoisotopic (exact) mass is 357 g/mol. The van der Waals surface area contributed by atoms with Crippen molar-refractivity contribution in [3.8, 4) is 5.75 Å². The maximum Gasteiger partial charge on any atom is 0.416 e. The van der Waals surface area contributed by atoms with Gasteiger partial charge in [-0.3, -0.25) is 0 Å². The van der Waals surface area contributed by atoms with E-state index in [0.717, 1.165) is 23.7 Å². The molecule has 1 atom stereocenters. The van der Waals surface area contributed by atoms with Crippen LogP contribution in [-0.4, -0.2) is 17.9 Å². The predicted octanol–water partition coefficient (Wildman–Crippen LogP) is 4.19. The molecule has 3 nitrogen and oxygen atoms in total. The van der Waals surface area contributed by atoms with Crippen LogP contribution in [0.15, 0.2) is 48.5 Å². The molecule has 0 aliphatic carbocycles. The number of aliphatic hydroxyl groups is 1. The van der Waals surface area contributed by atoms with Gasteiger partial charge in [-0.15, -0.1) is 0 Å². The van der Waals surface area contributed by atoms with Crippen LogP contribution in [0, 0.1) is 0 Å². The molecule has 0 bridgehead atoms. The molecule has 24 heavy (non-hydrogen) atoms. The Bertz CT molecular complexity index is 650. The van der Waals surface area contributed by atoms with Crippen LogP contribution in [0.25, 0.3) is 0 Å². The fourth-order valence-electron chi connectivity index (χ4n) is 2.28. The Labute approximate surface area is 143 Å². The molecule has 0 aliphatic rings. The minimum atomic E-state index is -4.56. The van der Waals surface area contributed by atoms with E-state index in [4.69, 9.17) is 4.18 Å². The summed E-state index contributed by atoms with van der Waals surface area (Å²) in [6.45, 7) is 0.480. The van der Waals surface area contributed by atoms with Gasteiger partial charge in [-0.25, -0.2) is 0 Å². The molecule has 0 saturated heterocycles. The summed E-state index contributed by atoms with van der Waals surface area (Å²) in [4.78, 5) is 0. The summed E-state index contributed by atoms with van der Waals surface area (Å²) in [5, 5.41) is 13.1. The first-order valence-electron chi connectivity index (χ1n) is 7.26. The number of halogens is 3. The van der Waals surface area contributed by atoms with Crippen LogP contribution in [0.2, 0.25) is 0 Å². The van der Waals surface area contributed by atoms with Gasteiger partial charge in [-0.05, 0) is 23.3 Å². The maximum atomic E-state index is 13.2. The average molecular weight is 357 g/mol. The second-order valence-electron chi connectivity index (χ2n) is 5.13. The Hall–Kier alpha value is -1.70. The van der Waals surface area contributed by atoms with Gasteiger partial charge in [-0.1, -0.05) is 36.4 Å². The van der Waals surface area contributed by atoms with Crippen LogP contribution in [0.5, 0.6) is 5.75 Å². The molecule has 0 aliphatic heterocycles. The molecule has 0 heterocycles. The second-order valence-corrected chi connectivity index (χ2v) is 5.63. The number of aliphatic hydroxyl groups excluding tert-OH is 1. The van der Waals surface area contributed by atoms with Gasteiger partial charge in [0, 0.05) is 19.3 Å². The van der Waals surface area contributed by atoms with Crippen LogP contribution >= 0.6 is 12.0 Å². The van der Waals surface area contributed by atoms with Crippen LogP contribution < -0.4 is 9.50 Å². The van der Waals surface area contributed by atoms with Crippen molar-refractivity contribution < 1.29 is 22.5 Å². The highest BCUT2D eigenvalue weighted by Gasteiger charge is 2.35. The molecule has 7 heteroatoms. The van der Waals surface area contributed by atoms with Crippen LogP contribution in [0.4, 0.5) is 13.2 Å². The molecule has 2 aromatic carbocycles. The lowest BCUT2D eigenvalue weighted by Gasteiger charge is -2.19. The van der Waals surface area contributed by atoms with Gasteiger partial charge in [0.05, 0.1) is 23.7 Å². The van der Waals surface area contributed by atoms with Gasteiger partial charge < -0.3 is 14.6 Å². The summed E-state index contributed by atoms with van der Waals surface area (Å²) < 4.78 is 44.7. The third kappa shape index (κ3) is 5.15. The number of benzene rings is 2. The topological polar surface area (TPSA) is 41.5 Å². The van der Waals surface area contributed by atoms with Gasteiger partial charge in [0.2, 0.25) is 0 Å². The lowest BCUT2D eigenvalue weighted by molar-refractivity contribution is -0.139. The van der Waals surface area contributed by atoms with Gasteiger partial charge in [-0.2, -0.15) is 13.2 Å². The van der Waals surface area contributed by atoms with Gasteiger partial charge in [0.15, 0.2) is 0 Å². The second kappa shape index (κ2) is 8.41. The maximum absolute atomic E-state index is 13.2. The first kappa shape index (κ1) is 18.6. The molecule has 2 aromatic rings. The van der Waals surface area contributed by atoms with Crippen molar-refractivity contribution in [1.29, 1.82) is 0 Å². The quantitative estimate of drug-likeness (QED) is 0.730. The zero-order valence-corrected chi connectivity index (χ0v) is 13.8. The fraction of sp³-hybridized carbons (Fsp3) is 0.294. The number of alkyl halides is 3. The minimum Gasteiger partial charge on any atom is -0.426 e. The highest BCUT2D eigenvalue weighted by atomic mass is 32.2. The summed E-state index contributed by atoms with van der Waals surface area (Å²) in [5.41, 5.74) is -0.0657. The van der Waals surface area contributed by atoms with Gasteiger partial charge >= 0.3 is 6.18 Å². The Morgan fingerprint density at radius 3 is 2.50 bits per heavy atom. The van der Waals surface area contributed by atoms with E-state index in [-0.39, 0.29) is 17.9 Å². The van der Waals surface area contributed by atoms with E-state index in [1.165, 1.54) is 12.1 Å². The summed E-state index contributed by atoms with van der Waals surface area (Å²) >= 11 is 0.958. The summed E-state index contributed by atoms with van der Waals surface area (Å²) in [7, 11) is 0. The molecule has 0 aromatic heterocycles. The van der Waals surface area contributed by atoms with E-state index < -0.39 is 17.8 Å². The van der Waals surface area contributed by atoms with E-state index >= 15 is 0 Å². The standard InChI is InChI=1S/C17H18F3NO2S/c1-24-23-13-7-8-14(15(9-13)17(18,19)20)16(22)11-21-10-12-5-3-2-4-6-12/h2-9,16,21-22H,10-11H2,1H3. The number of rotatable bonds is 7. The van der Waals surface area contributed by atoms with E-state index in [9.17, 15) is 18.3 Å².